The molecule has 0 saturated heterocycles. The average molecular weight is 282 g/mol. The second kappa shape index (κ2) is 5.68. The minimum atomic E-state index is -1.07. The highest BCUT2D eigenvalue weighted by atomic mass is 16.6. The van der Waals surface area contributed by atoms with Gasteiger partial charge in [-0.1, -0.05) is 12.8 Å². The van der Waals surface area contributed by atoms with E-state index in [1.165, 1.54) is 0 Å². The third-order valence-electron chi connectivity index (χ3n) is 3.04. The Morgan fingerprint density at radius 2 is 2.30 bits per heavy atom. The van der Waals surface area contributed by atoms with Gasteiger partial charge in [0.1, 0.15) is 25.0 Å². The molecule has 1 aliphatic rings. The highest BCUT2D eigenvalue weighted by molar-refractivity contribution is 5.83. The lowest BCUT2D eigenvalue weighted by Gasteiger charge is -2.13. The first-order valence-electron chi connectivity index (χ1n) is 6.14. The number of carbonyl (C=O) groups is 2. The minimum absolute atomic E-state index is 0.217. The lowest BCUT2D eigenvalue weighted by Crippen LogP contribution is -2.42. The molecule has 9 heteroatoms. The summed E-state index contributed by atoms with van der Waals surface area (Å²) in [6, 6.07) is -0.916. The van der Waals surface area contributed by atoms with Gasteiger partial charge in [-0.05, 0) is 12.3 Å². The highest BCUT2D eigenvalue weighted by Crippen LogP contribution is 2.33. The SMILES string of the molecule is O=C(Cn1cc([N+](=O)[O-])cn1)NC(CC1CC1)C(=O)O. The second-order valence-electron chi connectivity index (χ2n) is 4.79. The number of amides is 1. The van der Waals surface area contributed by atoms with E-state index < -0.39 is 22.8 Å². The number of hydrogen-bond acceptors (Lipinski definition) is 5. The molecule has 1 amide bonds. The molecule has 0 aromatic carbocycles. The molecule has 2 rings (SSSR count). The third-order valence-corrected chi connectivity index (χ3v) is 3.04. The molecule has 1 saturated carbocycles. The molecule has 1 aliphatic carbocycles. The van der Waals surface area contributed by atoms with Gasteiger partial charge >= 0.3 is 11.7 Å². The zero-order valence-corrected chi connectivity index (χ0v) is 10.6. The van der Waals surface area contributed by atoms with Gasteiger partial charge in [-0.2, -0.15) is 5.10 Å². The van der Waals surface area contributed by atoms with Crippen molar-refractivity contribution in [2.24, 2.45) is 5.92 Å². The fourth-order valence-electron chi connectivity index (χ4n) is 1.83. The second-order valence-corrected chi connectivity index (χ2v) is 4.79. The van der Waals surface area contributed by atoms with Gasteiger partial charge in [0.25, 0.3) is 0 Å². The molecule has 108 valence electrons. The number of nitro groups is 1. The summed E-state index contributed by atoms with van der Waals surface area (Å²) in [5, 5.41) is 25.6. The summed E-state index contributed by atoms with van der Waals surface area (Å²) in [5.74, 6) is -1.24. The monoisotopic (exact) mass is 282 g/mol. The van der Waals surface area contributed by atoms with Gasteiger partial charge in [0.05, 0.1) is 4.92 Å². The topological polar surface area (TPSA) is 127 Å². The van der Waals surface area contributed by atoms with E-state index in [2.05, 4.69) is 10.4 Å². The maximum absolute atomic E-state index is 11.7. The smallest absolute Gasteiger partial charge is 0.326 e. The molecule has 1 aromatic rings. The molecule has 9 nitrogen and oxygen atoms in total. The van der Waals surface area contributed by atoms with Gasteiger partial charge in [-0.3, -0.25) is 19.6 Å². The molecule has 1 heterocycles. The first-order valence-corrected chi connectivity index (χ1v) is 6.14. The zero-order chi connectivity index (χ0) is 14.7. The number of aliphatic carboxylic acids is 1. The van der Waals surface area contributed by atoms with Crippen molar-refractivity contribution in [3.05, 3.63) is 22.5 Å². The van der Waals surface area contributed by atoms with Crippen LogP contribution in [0.4, 0.5) is 5.69 Å². The van der Waals surface area contributed by atoms with Crippen molar-refractivity contribution in [3.63, 3.8) is 0 Å². The van der Waals surface area contributed by atoms with Crippen molar-refractivity contribution in [1.82, 2.24) is 15.1 Å². The van der Waals surface area contributed by atoms with E-state index in [0.29, 0.717) is 12.3 Å². The summed E-state index contributed by atoms with van der Waals surface area (Å²) in [4.78, 5) is 32.6. The number of carboxylic acids is 1. The number of hydrogen-bond donors (Lipinski definition) is 2. The van der Waals surface area contributed by atoms with Crippen LogP contribution in [0.5, 0.6) is 0 Å². The van der Waals surface area contributed by atoms with Crippen LogP contribution in [0.25, 0.3) is 0 Å². The first-order chi connectivity index (χ1) is 9.45. The normalized spacial score (nSPS) is 15.6. The lowest BCUT2D eigenvalue weighted by atomic mass is 10.1. The van der Waals surface area contributed by atoms with Crippen LogP contribution in [-0.2, 0) is 16.1 Å². The van der Waals surface area contributed by atoms with E-state index in [1.54, 1.807) is 0 Å². The molecule has 0 radical (unpaired) electrons. The summed E-state index contributed by atoms with van der Waals surface area (Å²) in [6.07, 6.45) is 4.55. The maximum Gasteiger partial charge on any atom is 0.326 e. The van der Waals surface area contributed by atoms with E-state index in [4.69, 9.17) is 5.11 Å². The van der Waals surface area contributed by atoms with Crippen LogP contribution in [0.15, 0.2) is 12.4 Å². The number of nitrogens with zero attached hydrogens (tertiary/aromatic N) is 3. The van der Waals surface area contributed by atoms with E-state index in [9.17, 15) is 19.7 Å². The van der Waals surface area contributed by atoms with E-state index in [-0.39, 0.29) is 12.2 Å². The predicted molar refractivity (Wildman–Crippen MR) is 65.8 cm³/mol. The largest absolute Gasteiger partial charge is 0.480 e. The number of carboxylic acid groups (broad SMARTS) is 1. The lowest BCUT2D eigenvalue weighted by molar-refractivity contribution is -0.385. The standard InChI is InChI=1S/C11H14N4O5/c16-10(6-14-5-8(4-12-14)15(19)20)13-9(11(17)18)3-7-1-2-7/h4-5,7,9H,1-3,6H2,(H,13,16)(H,17,18). The van der Waals surface area contributed by atoms with Crippen LogP contribution in [-0.4, -0.2) is 37.7 Å². The summed E-state index contributed by atoms with van der Waals surface area (Å²) in [7, 11) is 0. The molecule has 20 heavy (non-hydrogen) atoms. The maximum atomic E-state index is 11.7. The molecule has 1 atom stereocenters. The van der Waals surface area contributed by atoms with Crippen molar-refractivity contribution in [2.75, 3.05) is 0 Å². The summed E-state index contributed by atoms with van der Waals surface area (Å²) >= 11 is 0. The van der Waals surface area contributed by atoms with Crippen LogP contribution in [0.2, 0.25) is 0 Å². The van der Waals surface area contributed by atoms with Gasteiger partial charge in [0.2, 0.25) is 5.91 Å². The van der Waals surface area contributed by atoms with Crippen LogP contribution in [0.3, 0.4) is 0 Å². The Morgan fingerprint density at radius 1 is 1.60 bits per heavy atom. The fraction of sp³-hybridized carbons (Fsp3) is 0.545. The molecule has 1 fully saturated rings. The number of nitrogens with one attached hydrogen (secondary N) is 1. The average Bonchev–Trinajstić information content (AvgIpc) is 3.05. The Labute approximate surface area is 113 Å². The minimum Gasteiger partial charge on any atom is -0.480 e. The number of carbonyl (C=O) groups excluding carboxylic acids is 1. The molecule has 2 N–H and O–H groups in total. The van der Waals surface area contributed by atoms with Gasteiger partial charge in [0, 0.05) is 0 Å². The summed E-state index contributed by atoms with van der Waals surface area (Å²) in [5.41, 5.74) is -0.217. The fourth-order valence-corrected chi connectivity index (χ4v) is 1.83. The number of aromatic nitrogens is 2. The quantitative estimate of drug-likeness (QED) is 0.541. The first kappa shape index (κ1) is 14.0. The van der Waals surface area contributed by atoms with Crippen molar-refractivity contribution in [1.29, 1.82) is 0 Å². The third kappa shape index (κ3) is 3.77. The van der Waals surface area contributed by atoms with Crippen molar-refractivity contribution in [3.8, 4) is 0 Å². The van der Waals surface area contributed by atoms with Crippen molar-refractivity contribution in [2.45, 2.75) is 31.8 Å². The summed E-state index contributed by atoms with van der Waals surface area (Å²) in [6.45, 7) is -0.248. The molecule has 0 bridgehead atoms. The van der Waals surface area contributed by atoms with E-state index in [0.717, 1.165) is 29.9 Å². The molecule has 0 aliphatic heterocycles. The predicted octanol–water partition coefficient (Wildman–Crippen LogP) is 0.161. The Morgan fingerprint density at radius 3 is 2.80 bits per heavy atom. The highest BCUT2D eigenvalue weighted by Gasteiger charge is 2.30. The van der Waals surface area contributed by atoms with E-state index in [1.807, 2.05) is 0 Å². The zero-order valence-electron chi connectivity index (χ0n) is 10.6. The molecule has 0 spiro atoms. The van der Waals surface area contributed by atoms with Gasteiger partial charge in [0.15, 0.2) is 0 Å². The van der Waals surface area contributed by atoms with Gasteiger partial charge < -0.3 is 10.4 Å². The van der Waals surface area contributed by atoms with Crippen molar-refractivity contribution < 1.29 is 19.6 Å². The molecule has 1 aromatic heterocycles. The van der Waals surface area contributed by atoms with E-state index >= 15 is 0 Å². The van der Waals surface area contributed by atoms with Gasteiger partial charge in [-0.25, -0.2) is 4.79 Å². The van der Waals surface area contributed by atoms with Crippen LogP contribution in [0, 0.1) is 16.0 Å². The van der Waals surface area contributed by atoms with Crippen LogP contribution >= 0.6 is 0 Å². The Kier molecular flexibility index (Phi) is 3.97. The number of rotatable bonds is 7. The van der Waals surface area contributed by atoms with Crippen LogP contribution < -0.4 is 5.32 Å². The Bertz CT molecular complexity index is 537. The molecule has 1 unspecified atom stereocenters. The Balaban J connectivity index is 1.89. The van der Waals surface area contributed by atoms with Crippen LogP contribution in [0.1, 0.15) is 19.3 Å². The summed E-state index contributed by atoms with van der Waals surface area (Å²) < 4.78 is 1.10. The molecular weight excluding hydrogens is 268 g/mol. The van der Waals surface area contributed by atoms with Gasteiger partial charge in [-0.15, -0.1) is 0 Å². The molecular formula is C11H14N4O5. The Hall–Kier alpha value is -2.45. The van der Waals surface area contributed by atoms with Crippen molar-refractivity contribution >= 4 is 17.6 Å².